The van der Waals surface area contributed by atoms with Crippen molar-refractivity contribution in [2.24, 2.45) is 0 Å². The van der Waals surface area contributed by atoms with Gasteiger partial charge in [-0.25, -0.2) is 0 Å². The van der Waals surface area contributed by atoms with E-state index >= 15 is 0 Å². The van der Waals surface area contributed by atoms with E-state index in [1.807, 2.05) is 43.3 Å². The lowest BCUT2D eigenvalue weighted by molar-refractivity contribution is 0.0946. The van der Waals surface area contributed by atoms with Crippen molar-refractivity contribution in [1.29, 1.82) is 0 Å². The predicted molar refractivity (Wildman–Crippen MR) is 106 cm³/mol. The summed E-state index contributed by atoms with van der Waals surface area (Å²) in [6.07, 6.45) is 5.70. The standard InChI is InChI=1S/C22H20N4O2/c1-15-11-17-6-2-3-7-20(17)26(15)22(28)18-8-10-24-19(12-18)21(27)25-14-16-5-4-9-23-13-16/h2-10,12-13,15H,11,14H2,1H3,(H,25,27). The average molecular weight is 372 g/mol. The van der Waals surface area contributed by atoms with E-state index < -0.39 is 0 Å². The van der Waals surface area contributed by atoms with Gasteiger partial charge in [-0.15, -0.1) is 0 Å². The van der Waals surface area contributed by atoms with E-state index in [1.54, 1.807) is 29.4 Å². The minimum atomic E-state index is -0.326. The van der Waals surface area contributed by atoms with E-state index in [0.717, 1.165) is 23.2 Å². The molecule has 6 nitrogen and oxygen atoms in total. The Morgan fingerprint density at radius 1 is 1.14 bits per heavy atom. The molecule has 4 rings (SSSR count). The molecule has 6 heteroatoms. The van der Waals surface area contributed by atoms with Crippen molar-refractivity contribution in [3.63, 3.8) is 0 Å². The van der Waals surface area contributed by atoms with Gasteiger partial charge in [0.05, 0.1) is 0 Å². The molecule has 1 aliphatic rings. The first-order valence-electron chi connectivity index (χ1n) is 9.18. The van der Waals surface area contributed by atoms with Crippen molar-refractivity contribution in [3.8, 4) is 0 Å². The van der Waals surface area contributed by atoms with Crippen LogP contribution in [0.5, 0.6) is 0 Å². The van der Waals surface area contributed by atoms with E-state index in [9.17, 15) is 9.59 Å². The molecule has 0 saturated carbocycles. The van der Waals surface area contributed by atoms with Gasteiger partial charge in [0, 0.05) is 42.4 Å². The van der Waals surface area contributed by atoms with Gasteiger partial charge in [0.15, 0.2) is 0 Å². The lowest BCUT2D eigenvalue weighted by Gasteiger charge is -2.23. The zero-order valence-electron chi connectivity index (χ0n) is 15.5. The zero-order chi connectivity index (χ0) is 19.5. The lowest BCUT2D eigenvalue weighted by atomic mass is 10.1. The first kappa shape index (κ1) is 17.9. The molecule has 0 saturated heterocycles. The van der Waals surface area contributed by atoms with E-state index in [0.29, 0.717) is 12.1 Å². The average Bonchev–Trinajstić information content (AvgIpc) is 3.08. The number of benzene rings is 1. The molecule has 0 aliphatic carbocycles. The Morgan fingerprint density at radius 3 is 2.82 bits per heavy atom. The fourth-order valence-electron chi connectivity index (χ4n) is 3.48. The maximum Gasteiger partial charge on any atom is 0.270 e. The summed E-state index contributed by atoms with van der Waals surface area (Å²) in [5.41, 5.74) is 3.65. The highest BCUT2D eigenvalue weighted by Gasteiger charge is 2.31. The van der Waals surface area contributed by atoms with Crippen LogP contribution in [0.3, 0.4) is 0 Å². The summed E-state index contributed by atoms with van der Waals surface area (Å²) in [5.74, 6) is -0.450. The van der Waals surface area contributed by atoms with Crippen molar-refractivity contribution in [1.82, 2.24) is 15.3 Å². The Morgan fingerprint density at radius 2 is 2.00 bits per heavy atom. The highest BCUT2D eigenvalue weighted by Crippen LogP contribution is 2.33. The number of amides is 2. The maximum absolute atomic E-state index is 13.1. The minimum absolute atomic E-state index is 0.0703. The molecule has 2 amide bonds. The summed E-state index contributed by atoms with van der Waals surface area (Å²) in [5, 5.41) is 2.81. The van der Waals surface area contributed by atoms with Crippen molar-refractivity contribution in [2.45, 2.75) is 25.9 Å². The predicted octanol–water partition coefficient (Wildman–Crippen LogP) is 3.00. The summed E-state index contributed by atoms with van der Waals surface area (Å²) in [7, 11) is 0. The Hall–Kier alpha value is -3.54. The molecule has 3 heterocycles. The number of para-hydroxylation sites is 1. The summed E-state index contributed by atoms with van der Waals surface area (Å²) in [6, 6.07) is 14.9. The molecular formula is C22H20N4O2. The van der Waals surface area contributed by atoms with Gasteiger partial charge in [0.2, 0.25) is 0 Å². The molecule has 1 unspecified atom stereocenters. The number of anilines is 1. The monoisotopic (exact) mass is 372 g/mol. The summed E-state index contributed by atoms with van der Waals surface area (Å²) in [4.78, 5) is 35.5. The van der Waals surface area contributed by atoms with E-state index in [4.69, 9.17) is 0 Å². The Kier molecular flexibility index (Phi) is 4.85. The van der Waals surface area contributed by atoms with E-state index in [-0.39, 0.29) is 23.6 Å². The number of hydrogen-bond donors (Lipinski definition) is 1. The second kappa shape index (κ2) is 7.60. The fraction of sp³-hybridized carbons (Fsp3) is 0.182. The molecule has 28 heavy (non-hydrogen) atoms. The van der Waals surface area contributed by atoms with Gasteiger partial charge in [-0.3, -0.25) is 19.6 Å². The number of carbonyl (C=O) groups excluding carboxylic acids is 2. The van der Waals surface area contributed by atoms with Crippen LogP contribution >= 0.6 is 0 Å². The zero-order valence-corrected chi connectivity index (χ0v) is 15.5. The first-order chi connectivity index (χ1) is 13.6. The summed E-state index contributed by atoms with van der Waals surface area (Å²) >= 11 is 0. The van der Waals surface area contributed by atoms with E-state index in [1.165, 1.54) is 6.20 Å². The molecule has 2 aromatic heterocycles. The second-order valence-electron chi connectivity index (χ2n) is 6.83. The van der Waals surface area contributed by atoms with Gasteiger partial charge < -0.3 is 10.2 Å². The largest absolute Gasteiger partial charge is 0.347 e. The lowest BCUT2D eigenvalue weighted by Crippen LogP contribution is -2.36. The van der Waals surface area contributed by atoms with Crippen molar-refractivity contribution in [3.05, 3.63) is 89.5 Å². The minimum Gasteiger partial charge on any atom is -0.347 e. The highest BCUT2D eigenvalue weighted by molar-refractivity contribution is 6.08. The molecular weight excluding hydrogens is 352 g/mol. The van der Waals surface area contributed by atoms with Crippen LogP contribution in [-0.2, 0) is 13.0 Å². The van der Waals surface area contributed by atoms with Crippen LogP contribution in [0.2, 0.25) is 0 Å². The number of carbonyl (C=O) groups is 2. The quantitative estimate of drug-likeness (QED) is 0.764. The smallest absolute Gasteiger partial charge is 0.270 e. The van der Waals surface area contributed by atoms with Gasteiger partial charge in [-0.05, 0) is 48.7 Å². The van der Waals surface area contributed by atoms with Crippen LogP contribution < -0.4 is 10.2 Å². The van der Waals surface area contributed by atoms with Crippen molar-refractivity contribution >= 4 is 17.5 Å². The molecule has 0 fully saturated rings. The SMILES string of the molecule is CC1Cc2ccccc2N1C(=O)c1ccnc(C(=O)NCc2cccnc2)c1. The van der Waals surface area contributed by atoms with Crippen LogP contribution in [0, 0.1) is 0 Å². The third-order valence-corrected chi connectivity index (χ3v) is 4.84. The number of fused-ring (bicyclic) bond motifs is 1. The van der Waals surface area contributed by atoms with Gasteiger partial charge in [0.1, 0.15) is 5.69 Å². The van der Waals surface area contributed by atoms with Gasteiger partial charge in [-0.2, -0.15) is 0 Å². The number of nitrogens with one attached hydrogen (secondary N) is 1. The Bertz CT molecular complexity index is 1020. The number of aromatic nitrogens is 2. The molecule has 0 spiro atoms. The molecule has 140 valence electrons. The van der Waals surface area contributed by atoms with Crippen LogP contribution in [-0.4, -0.2) is 27.8 Å². The third kappa shape index (κ3) is 3.49. The summed E-state index contributed by atoms with van der Waals surface area (Å²) < 4.78 is 0. The number of hydrogen-bond acceptors (Lipinski definition) is 4. The molecule has 1 aromatic carbocycles. The van der Waals surface area contributed by atoms with Gasteiger partial charge >= 0.3 is 0 Å². The Balaban J connectivity index is 1.52. The fourth-order valence-corrected chi connectivity index (χ4v) is 3.48. The number of rotatable bonds is 4. The molecule has 0 radical (unpaired) electrons. The molecule has 1 N–H and O–H groups in total. The normalized spacial score (nSPS) is 15.2. The summed E-state index contributed by atoms with van der Waals surface area (Å²) in [6.45, 7) is 2.38. The third-order valence-electron chi connectivity index (χ3n) is 4.84. The number of nitrogens with zero attached hydrogens (tertiary/aromatic N) is 3. The molecule has 1 atom stereocenters. The van der Waals surface area contributed by atoms with Crippen LogP contribution in [0.1, 0.15) is 38.9 Å². The topological polar surface area (TPSA) is 75.2 Å². The second-order valence-corrected chi connectivity index (χ2v) is 6.83. The maximum atomic E-state index is 13.1. The molecule has 0 bridgehead atoms. The van der Waals surface area contributed by atoms with Crippen molar-refractivity contribution < 1.29 is 9.59 Å². The first-order valence-corrected chi connectivity index (χ1v) is 9.18. The van der Waals surface area contributed by atoms with Crippen LogP contribution in [0.4, 0.5) is 5.69 Å². The van der Waals surface area contributed by atoms with Gasteiger partial charge in [-0.1, -0.05) is 24.3 Å². The van der Waals surface area contributed by atoms with Crippen molar-refractivity contribution in [2.75, 3.05) is 4.90 Å². The van der Waals surface area contributed by atoms with E-state index in [2.05, 4.69) is 15.3 Å². The van der Waals surface area contributed by atoms with Crippen LogP contribution in [0.25, 0.3) is 0 Å². The number of pyridine rings is 2. The highest BCUT2D eigenvalue weighted by atomic mass is 16.2. The molecule has 3 aromatic rings. The Labute approximate surface area is 163 Å². The van der Waals surface area contributed by atoms with Gasteiger partial charge in [0.25, 0.3) is 11.8 Å². The molecule has 1 aliphatic heterocycles. The van der Waals surface area contributed by atoms with Crippen LogP contribution in [0.15, 0.2) is 67.1 Å².